The summed E-state index contributed by atoms with van der Waals surface area (Å²) in [4.78, 5) is 14.3. The fraction of sp³-hybridized carbons (Fsp3) is 0.150. The molecule has 4 heteroatoms. The van der Waals surface area contributed by atoms with E-state index in [9.17, 15) is 4.79 Å². The minimum Gasteiger partial charge on any atom is -0.467 e. The molecular weight excluding hydrogens is 302 g/mol. The molecule has 0 saturated carbocycles. The molecule has 122 valence electrons. The van der Waals surface area contributed by atoms with Gasteiger partial charge in [-0.25, -0.2) is 0 Å². The average Bonchev–Trinajstić information content (AvgIpc) is 3.26. The Hall–Kier alpha value is -3.01. The fourth-order valence-corrected chi connectivity index (χ4v) is 2.44. The zero-order chi connectivity index (χ0) is 16.8. The molecule has 4 nitrogen and oxygen atoms in total. The number of benzene rings is 1. The molecule has 0 aliphatic carbocycles. The second kappa shape index (κ2) is 7.51. The summed E-state index contributed by atoms with van der Waals surface area (Å²) >= 11 is 0. The average molecular weight is 321 g/mol. The highest BCUT2D eigenvalue weighted by atomic mass is 16.3. The summed E-state index contributed by atoms with van der Waals surface area (Å²) in [5.74, 6) is 1.38. The summed E-state index contributed by atoms with van der Waals surface area (Å²) in [6.07, 6.45) is 6.62. The molecular formula is C20H19NO3. The molecule has 0 radical (unpaired) electrons. The molecule has 24 heavy (non-hydrogen) atoms. The topological polar surface area (TPSA) is 46.6 Å². The van der Waals surface area contributed by atoms with Crippen molar-refractivity contribution in [2.75, 3.05) is 0 Å². The van der Waals surface area contributed by atoms with Crippen LogP contribution in [0.1, 0.15) is 22.6 Å². The molecule has 2 aromatic heterocycles. The number of carbonyl (C=O) groups excluding carboxylic acids is 1. The van der Waals surface area contributed by atoms with Crippen LogP contribution in [0.5, 0.6) is 0 Å². The Labute approximate surface area is 141 Å². The summed E-state index contributed by atoms with van der Waals surface area (Å²) < 4.78 is 10.7. The van der Waals surface area contributed by atoms with Gasteiger partial charge >= 0.3 is 0 Å². The standard InChI is InChI=1S/C20H19NO3/c1-16-5-2-6-17(13-16)9-10-20(22)21(14-18-7-3-11-23-18)15-19-8-4-12-24-19/h2-13H,14-15H2,1H3/b10-9+. The highest BCUT2D eigenvalue weighted by Gasteiger charge is 2.15. The Kier molecular flexibility index (Phi) is 4.96. The van der Waals surface area contributed by atoms with Gasteiger partial charge in [0.15, 0.2) is 0 Å². The first-order chi connectivity index (χ1) is 11.7. The number of amides is 1. The van der Waals surface area contributed by atoms with Crippen LogP contribution in [-0.2, 0) is 17.9 Å². The van der Waals surface area contributed by atoms with Gasteiger partial charge in [0.2, 0.25) is 5.91 Å². The third-order valence-corrected chi connectivity index (χ3v) is 3.63. The van der Waals surface area contributed by atoms with Crippen LogP contribution in [0.2, 0.25) is 0 Å². The molecule has 0 atom stereocenters. The van der Waals surface area contributed by atoms with Crippen molar-refractivity contribution in [2.45, 2.75) is 20.0 Å². The van der Waals surface area contributed by atoms with E-state index in [1.54, 1.807) is 23.5 Å². The van der Waals surface area contributed by atoms with Crippen LogP contribution in [0.25, 0.3) is 6.08 Å². The van der Waals surface area contributed by atoms with Crippen molar-refractivity contribution >= 4 is 12.0 Å². The van der Waals surface area contributed by atoms with Crippen LogP contribution >= 0.6 is 0 Å². The molecule has 3 rings (SSSR count). The summed E-state index contributed by atoms with van der Waals surface area (Å²) in [5, 5.41) is 0. The number of carbonyl (C=O) groups is 1. The number of hydrogen-bond donors (Lipinski definition) is 0. The Balaban J connectivity index is 1.74. The van der Waals surface area contributed by atoms with Crippen LogP contribution < -0.4 is 0 Å². The van der Waals surface area contributed by atoms with E-state index in [4.69, 9.17) is 8.83 Å². The largest absolute Gasteiger partial charge is 0.467 e. The quantitative estimate of drug-likeness (QED) is 0.631. The van der Waals surface area contributed by atoms with Gasteiger partial charge in [-0.15, -0.1) is 0 Å². The van der Waals surface area contributed by atoms with Gasteiger partial charge in [-0.2, -0.15) is 0 Å². The maximum atomic E-state index is 12.6. The number of aryl methyl sites for hydroxylation is 1. The maximum Gasteiger partial charge on any atom is 0.247 e. The number of nitrogens with zero attached hydrogens (tertiary/aromatic N) is 1. The van der Waals surface area contributed by atoms with Crippen LogP contribution in [0.15, 0.2) is 76.0 Å². The van der Waals surface area contributed by atoms with Gasteiger partial charge < -0.3 is 13.7 Å². The van der Waals surface area contributed by atoms with E-state index in [-0.39, 0.29) is 5.91 Å². The number of furan rings is 2. The van der Waals surface area contributed by atoms with Crippen LogP contribution in [0.3, 0.4) is 0 Å². The number of hydrogen-bond acceptors (Lipinski definition) is 3. The van der Waals surface area contributed by atoms with E-state index in [1.807, 2.05) is 61.5 Å². The summed E-state index contributed by atoms with van der Waals surface area (Å²) in [6, 6.07) is 15.3. The van der Waals surface area contributed by atoms with E-state index >= 15 is 0 Å². The van der Waals surface area contributed by atoms with Crippen molar-refractivity contribution in [2.24, 2.45) is 0 Å². The highest BCUT2D eigenvalue weighted by molar-refractivity contribution is 5.91. The van der Waals surface area contributed by atoms with Crippen molar-refractivity contribution in [1.29, 1.82) is 0 Å². The molecule has 0 unspecified atom stereocenters. The van der Waals surface area contributed by atoms with Gasteiger partial charge in [-0.3, -0.25) is 4.79 Å². The second-order valence-electron chi connectivity index (χ2n) is 5.60. The molecule has 2 heterocycles. The molecule has 0 aliphatic rings. The summed E-state index contributed by atoms with van der Waals surface area (Å²) in [6.45, 7) is 2.81. The Bertz CT molecular complexity index is 765. The molecule has 0 N–H and O–H groups in total. The zero-order valence-corrected chi connectivity index (χ0v) is 13.5. The van der Waals surface area contributed by atoms with Crippen molar-refractivity contribution in [3.8, 4) is 0 Å². The monoisotopic (exact) mass is 321 g/mol. The zero-order valence-electron chi connectivity index (χ0n) is 13.5. The van der Waals surface area contributed by atoms with Gasteiger partial charge in [-0.1, -0.05) is 29.8 Å². The maximum absolute atomic E-state index is 12.6. The minimum absolute atomic E-state index is 0.0932. The van der Waals surface area contributed by atoms with Gasteiger partial charge in [0, 0.05) is 6.08 Å². The lowest BCUT2D eigenvalue weighted by Gasteiger charge is -2.18. The van der Waals surface area contributed by atoms with Crippen LogP contribution in [0.4, 0.5) is 0 Å². The van der Waals surface area contributed by atoms with Crippen molar-refractivity contribution < 1.29 is 13.6 Å². The first-order valence-corrected chi connectivity index (χ1v) is 7.79. The van der Waals surface area contributed by atoms with Gasteiger partial charge in [-0.05, 0) is 42.8 Å². The van der Waals surface area contributed by atoms with E-state index in [1.165, 1.54) is 0 Å². The van der Waals surface area contributed by atoms with Gasteiger partial charge in [0.1, 0.15) is 11.5 Å². The Morgan fingerprint density at radius 2 is 1.67 bits per heavy atom. The molecule has 0 aliphatic heterocycles. The van der Waals surface area contributed by atoms with Crippen molar-refractivity contribution in [3.63, 3.8) is 0 Å². The first-order valence-electron chi connectivity index (χ1n) is 7.79. The second-order valence-corrected chi connectivity index (χ2v) is 5.60. The van der Waals surface area contributed by atoms with E-state index < -0.39 is 0 Å². The van der Waals surface area contributed by atoms with Gasteiger partial charge in [0.05, 0.1) is 25.6 Å². The minimum atomic E-state index is -0.0932. The molecule has 0 fully saturated rings. The van der Waals surface area contributed by atoms with E-state index in [0.29, 0.717) is 13.1 Å². The molecule has 0 bridgehead atoms. The summed E-state index contributed by atoms with van der Waals surface area (Å²) in [7, 11) is 0. The van der Waals surface area contributed by atoms with E-state index in [0.717, 1.165) is 22.6 Å². The molecule has 3 aromatic rings. The number of rotatable bonds is 6. The van der Waals surface area contributed by atoms with Crippen molar-refractivity contribution in [3.05, 3.63) is 89.8 Å². The Morgan fingerprint density at radius 1 is 1.00 bits per heavy atom. The Morgan fingerprint density at radius 3 is 2.21 bits per heavy atom. The summed E-state index contributed by atoms with van der Waals surface area (Å²) in [5.41, 5.74) is 2.16. The smallest absolute Gasteiger partial charge is 0.247 e. The van der Waals surface area contributed by atoms with Crippen molar-refractivity contribution in [1.82, 2.24) is 4.90 Å². The molecule has 0 spiro atoms. The fourth-order valence-electron chi connectivity index (χ4n) is 2.44. The third kappa shape index (κ3) is 4.26. The molecule has 1 aromatic carbocycles. The lowest BCUT2D eigenvalue weighted by atomic mass is 10.1. The lowest BCUT2D eigenvalue weighted by Crippen LogP contribution is -2.28. The van der Waals surface area contributed by atoms with Crippen LogP contribution in [0, 0.1) is 6.92 Å². The molecule has 0 saturated heterocycles. The predicted octanol–water partition coefficient (Wildman–Crippen LogP) is 4.42. The van der Waals surface area contributed by atoms with E-state index in [2.05, 4.69) is 0 Å². The van der Waals surface area contributed by atoms with Crippen LogP contribution in [-0.4, -0.2) is 10.8 Å². The highest BCUT2D eigenvalue weighted by Crippen LogP contribution is 2.13. The SMILES string of the molecule is Cc1cccc(/C=C/C(=O)N(Cc2ccco2)Cc2ccco2)c1. The normalized spacial score (nSPS) is 11.0. The first kappa shape index (κ1) is 15.9. The van der Waals surface area contributed by atoms with Gasteiger partial charge in [0.25, 0.3) is 0 Å². The third-order valence-electron chi connectivity index (χ3n) is 3.63. The lowest BCUT2D eigenvalue weighted by molar-refractivity contribution is -0.127. The molecule has 1 amide bonds. The predicted molar refractivity (Wildman–Crippen MR) is 91.9 cm³/mol.